The fourth-order valence-electron chi connectivity index (χ4n) is 5.82. The van der Waals surface area contributed by atoms with E-state index in [9.17, 15) is 9.59 Å². The lowest BCUT2D eigenvalue weighted by molar-refractivity contribution is -0.139. The summed E-state index contributed by atoms with van der Waals surface area (Å²) < 4.78 is 0. The Morgan fingerprint density at radius 3 is 2.34 bits per heavy atom. The average molecular weight is 638 g/mol. The molecule has 1 aromatic heterocycles. The maximum absolute atomic E-state index is 13.4. The van der Waals surface area contributed by atoms with Crippen molar-refractivity contribution in [2.24, 2.45) is 5.41 Å². The molecule has 6 nitrogen and oxygen atoms in total. The highest BCUT2D eigenvalue weighted by Crippen LogP contribution is 2.42. The van der Waals surface area contributed by atoms with Gasteiger partial charge in [-0.1, -0.05) is 65.7 Å². The number of nitrogens with one attached hydrogen (secondary N) is 1. The van der Waals surface area contributed by atoms with E-state index in [1.807, 2.05) is 47.5 Å². The maximum atomic E-state index is 13.4. The average Bonchev–Trinajstić information content (AvgIpc) is 3.24. The van der Waals surface area contributed by atoms with Crippen molar-refractivity contribution in [2.45, 2.75) is 44.7 Å². The van der Waals surface area contributed by atoms with Gasteiger partial charge in [0.2, 0.25) is 11.8 Å². The minimum absolute atomic E-state index is 0. The molecular formula is C31H36Cl4N4O2. The van der Waals surface area contributed by atoms with Gasteiger partial charge in [-0.05, 0) is 73.7 Å². The second-order valence-corrected chi connectivity index (χ2v) is 11.5. The molecule has 2 aromatic carbocycles. The van der Waals surface area contributed by atoms with E-state index < -0.39 is 0 Å². The number of benzene rings is 2. The Balaban J connectivity index is 0.00000231. The molecule has 10 heteroatoms. The van der Waals surface area contributed by atoms with Crippen molar-refractivity contribution in [1.82, 2.24) is 20.1 Å². The number of amides is 2. The van der Waals surface area contributed by atoms with Crippen LogP contribution in [0.15, 0.2) is 73.1 Å². The van der Waals surface area contributed by atoms with Crippen molar-refractivity contribution in [3.8, 4) is 0 Å². The molecule has 3 aromatic rings. The number of hydrogen-bond acceptors (Lipinski definition) is 4. The second kappa shape index (κ2) is 15.2. The van der Waals surface area contributed by atoms with Gasteiger partial charge in [0.25, 0.3) is 0 Å². The summed E-state index contributed by atoms with van der Waals surface area (Å²) in [6.07, 6.45) is 7.33. The highest BCUT2D eigenvalue weighted by atomic mass is 35.5. The van der Waals surface area contributed by atoms with Crippen LogP contribution in [0.25, 0.3) is 0 Å². The van der Waals surface area contributed by atoms with Crippen LogP contribution < -0.4 is 5.32 Å². The molecule has 1 spiro atoms. The number of pyridine rings is 1. The first kappa shape index (κ1) is 33.2. The van der Waals surface area contributed by atoms with E-state index in [2.05, 4.69) is 27.3 Å². The summed E-state index contributed by atoms with van der Waals surface area (Å²) in [5.41, 5.74) is 2.76. The lowest BCUT2D eigenvalue weighted by Gasteiger charge is -2.38. The molecule has 0 saturated carbocycles. The fourth-order valence-corrected chi connectivity index (χ4v) is 6.14. The van der Waals surface area contributed by atoms with Gasteiger partial charge in [-0.2, -0.15) is 0 Å². The van der Waals surface area contributed by atoms with Crippen molar-refractivity contribution < 1.29 is 9.59 Å². The molecule has 0 bridgehead atoms. The van der Waals surface area contributed by atoms with Gasteiger partial charge in [0.1, 0.15) is 0 Å². The van der Waals surface area contributed by atoms with Crippen LogP contribution in [-0.2, 0) is 22.6 Å². The Labute approximate surface area is 264 Å². The zero-order valence-electron chi connectivity index (χ0n) is 22.8. The maximum Gasteiger partial charge on any atom is 0.229 e. The number of aromatic nitrogens is 1. The Morgan fingerprint density at radius 1 is 0.927 bits per heavy atom. The number of likely N-dealkylation sites (tertiary alicyclic amines) is 2. The Kier molecular flexibility index (Phi) is 12.3. The van der Waals surface area contributed by atoms with Gasteiger partial charge < -0.3 is 15.1 Å². The lowest BCUT2D eigenvalue weighted by atomic mass is 9.77. The van der Waals surface area contributed by atoms with Gasteiger partial charge in [-0.3, -0.25) is 14.6 Å². The predicted octanol–water partition coefficient (Wildman–Crippen LogP) is 6.54. The number of hydrogen-bond donors (Lipinski definition) is 1. The number of carbonyl (C=O) groups excluding carboxylic acids is 2. The third-order valence-corrected chi connectivity index (χ3v) is 8.87. The Morgan fingerprint density at radius 2 is 1.66 bits per heavy atom. The van der Waals surface area contributed by atoms with Gasteiger partial charge in [0.15, 0.2) is 0 Å². The first-order valence-electron chi connectivity index (χ1n) is 13.6. The minimum Gasteiger partial charge on any atom is -0.349 e. The summed E-state index contributed by atoms with van der Waals surface area (Å²) in [5.74, 6) is 0.243. The highest BCUT2D eigenvalue weighted by Gasteiger charge is 2.47. The summed E-state index contributed by atoms with van der Waals surface area (Å²) >= 11 is 12.2. The van der Waals surface area contributed by atoms with Crippen molar-refractivity contribution in [3.05, 3.63) is 99.8 Å². The largest absolute Gasteiger partial charge is 0.349 e. The molecule has 2 aliphatic heterocycles. The van der Waals surface area contributed by atoms with Crippen molar-refractivity contribution in [2.75, 3.05) is 26.2 Å². The summed E-state index contributed by atoms with van der Waals surface area (Å²) in [6.45, 7) is 4.10. The minimum atomic E-state index is -0.231. The molecule has 0 aliphatic carbocycles. The van der Waals surface area contributed by atoms with Crippen LogP contribution >= 0.6 is 48.0 Å². The normalized spacial score (nSPS) is 17.0. The van der Waals surface area contributed by atoms with E-state index >= 15 is 0 Å². The second-order valence-electron chi connectivity index (χ2n) is 10.7. The van der Waals surface area contributed by atoms with E-state index in [0.717, 1.165) is 68.6 Å². The molecule has 2 fully saturated rings. The van der Waals surface area contributed by atoms with Crippen LogP contribution in [0.4, 0.5) is 0 Å². The SMILES string of the molecule is Cl.Cl.O=C(Cc1ccc(Cl)c(Cl)c1)NC(CCN1CCC2(CC1)CCN(Cc1cccnc1)C2=O)c1ccccc1. The van der Waals surface area contributed by atoms with Crippen molar-refractivity contribution in [1.29, 1.82) is 0 Å². The van der Waals surface area contributed by atoms with Crippen molar-refractivity contribution >= 4 is 59.8 Å². The first-order valence-corrected chi connectivity index (χ1v) is 14.4. The van der Waals surface area contributed by atoms with Crippen LogP contribution in [-0.4, -0.2) is 52.8 Å². The zero-order valence-corrected chi connectivity index (χ0v) is 26.0. The van der Waals surface area contributed by atoms with Crippen LogP contribution in [0.1, 0.15) is 48.4 Å². The quantitative estimate of drug-likeness (QED) is 0.290. The van der Waals surface area contributed by atoms with Gasteiger partial charge in [0.05, 0.1) is 27.9 Å². The molecule has 1 unspecified atom stereocenters. The van der Waals surface area contributed by atoms with Crippen LogP contribution in [0.5, 0.6) is 0 Å². The highest BCUT2D eigenvalue weighted by molar-refractivity contribution is 6.42. The standard InChI is InChI=1S/C31H34Cl2N4O2.2ClH/c32-26-9-8-23(19-27(26)33)20-29(38)35-28(25-6-2-1-3-7-25)10-15-36-16-11-31(12-17-36)13-18-37(30(31)39)22-24-5-4-14-34-21-24;;/h1-9,14,19,21,28H,10-13,15-18,20,22H2,(H,35,38);2*1H. The molecule has 0 radical (unpaired) electrons. The number of piperidine rings is 1. The number of carbonyl (C=O) groups is 2. The van der Waals surface area contributed by atoms with Gasteiger partial charge in [-0.15, -0.1) is 24.8 Å². The summed E-state index contributed by atoms with van der Waals surface area (Å²) in [6, 6.07) is 19.2. The molecular weight excluding hydrogens is 602 g/mol. The molecule has 220 valence electrons. The van der Waals surface area contributed by atoms with Crippen LogP contribution in [0, 0.1) is 5.41 Å². The van der Waals surface area contributed by atoms with E-state index in [-0.39, 0.29) is 48.6 Å². The summed E-state index contributed by atoms with van der Waals surface area (Å²) in [7, 11) is 0. The summed E-state index contributed by atoms with van der Waals surface area (Å²) in [5, 5.41) is 4.16. The third kappa shape index (κ3) is 8.36. The topological polar surface area (TPSA) is 65.5 Å². The van der Waals surface area contributed by atoms with Crippen molar-refractivity contribution in [3.63, 3.8) is 0 Å². The molecule has 2 amide bonds. The van der Waals surface area contributed by atoms with E-state index in [1.165, 1.54) is 0 Å². The molecule has 3 heterocycles. The smallest absolute Gasteiger partial charge is 0.229 e. The number of rotatable bonds is 9. The Bertz CT molecular complexity index is 1290. The molecule has 2 saturated heterocycles. The number of nitrogens with zero attached hydrogens (tertiary/aromatic N) is 3. The van der Waals surface area contributed by atoms with E-state index in [1.54, 1.807) is 18.3 Å². The third-order valence-electron chi connectivity index (χ3n) is 8.13. The molecule has 5 rings (SSSR count). The van der Waals surface area contributed by atoms with E-state index in [4.69, 9.17) is 23.2 Å². The fraction of sp³-hybridized carbons (Fsp3) is 0.387. The zero-order chi connectivity index (χ0) is 27.2. The van der Waals surface area contributed by atoms with Gasteiger partial charge >= 0.3 is 0 Å². The summed E-state index contributed by atoms with van der Waals surface area (Å²) in [4.78, 5) is 35.0. The van der Waals surface area contributed by atoms with Gasteiger partial charge in [-0.25, -0.2) is 0 Å². The molecule has 2 aliphatic rings. The molecule has 1 N–H and O–H groups in total. The van der Waals surface area contributed by atoms with E-state index in [0.29, 0.717) is 22.5 Å². The van der Waals surface area contributed by atoms with Crippen LogP contribution in [0.3, 0.4) is 0 Å². The van der Waals surface area contributed by atoms with Gasteiger partial charge in [0, 0.05) is 32.0 Å². The Hall–Kier alpha value is -2.35. The first-order chi connectivity index (χ1) is 18.9. The number of halogens is 4. The molecule has 41 heavy (non-hydrogen) atoms. The molecule has 1 atom stereocenters. The predicted molar refractivity (Wildman–Crippen MR) is 169 cm³/mol. The lowest BCUT2D eigenvalue weighted by Crippen LogP contribution is -2.45. The van der Waals surface area contributed by atoms with Crippen LogP contribution in [0.2, 0.25) is 10.0 Å². The monoisotopic (exact) mass is 636 g/mol.